The van der Waals surface area contributed by atoms with Gasteiger partial charge in [-0.05, 0) is 107 Å². The van der Waals surface area contributed by atoms with Crippen LogP contribution in [-0.2, 0) is 0 Å². The molecule has 0 fully saturated rings. The van der Waals surface area contributed by atoms with E-state index in [1.165, 1.54) is 71.3 Å². The maximum atomic E-state index is 6.54. The summed E-state index contributed by atoms with van der Waals surface area (Å²) in [5.41, 5.74) is 11.5. The van der Waals surface area contributed by atoms with Gasteiger partial charge >= 0.3 is 0 Å². The third-order valence-electron chi connectivity index (χ3n) is 10.0. The average Bonchev–Trinajstić information content (AvgIpc) is 3.53. The fourth-order valence-electron chi connectivity index (χ4n) is 7.79. The molecule has 0 aliphatic carbocycles. The van der Waals surface area contributed by atoms with Crippen LogP contribution in [0.5, 0.6) is 0 Å². The summed E-state index contributed by atoms with van der Waals surface area (Å²) >= 11 is 0. The molecule has 0 atom stereocenters. The zero-order valence-electron chi connectivity index (χ0n) is 26.7. The molecule has 0 unspecified atom stereocenters. The van der Waals surface area contributed by atoms with Gasteiger partial charge in [-0.25, -0.2) is 0 Å². The Balaban J connectivity index is 1.22. The SMILES string of the molecule is c1ccc(-c2ccc(-c3c4ccccc4c(-c4ccc5c(c4)oc4cc6ccccc6cc45)c4ccccc34)cc2-c2ccccc2)cc1. The highest BCUT2D eigenvalue weighted by Crippen LogP contribution is 2.46. The van der Waals surface area contributed by atoms with Gasteiger partial charge < -0.3 is 4.42 Å². The van der Waals surface area contributed by atoms with E-state index in [2.05, 4.69) is 182 Å². The van der Waals surface area contributed by atoms with Gasteiger partial charge in [-0.3, -0.25) is 0 Å². The standard InChI is InChI=1S/C48H30O/c1-3-13-31(14-4-1)37-25-23-35(28-43(37)32-15-5-2-6-16-32)47-39-19-9-11-21-41(39)48(42-22-12-10-20-40(42)47)36-24-26-38-44-27-33-17-7-8-18-34(33)29-46(44)49-45(38)30-36/h1-30H. The molecule has 0 spiro atoms. The summed E-state index contributed by atoms with van der Waals surface area (Å²) in [6.45, 7) is 0. The number of rotatable bonds is 4. The molecule has 9 aromatic carbocycles. The molecule has 0 aliphatic heterocycles. The van der Waals surface area contributed by atoms with Crippen LogP contribution in [0.3, 0.4) is 0 Å². The minimum Gasteiger partial charge on any atom is -0.456 e. The second kappa shape index (κ2) is 11.1. The first-order valence-electron chi connectivity index (χ1n) is 16.8. The highest BCUT2D eigenvalue weighted by atomic mass is 16.3. The van der Waals surface area contributed by atoms with Crippen LogP contribution in [0.1, 0.15) is 0 Å². The lowest BCUT2D eigenvalue weighted by molar-refractivity contribution is 0.669. The van der Waals surface area contributed by atoms with Crippen molar-refractivity contribution < 1.29 is 4.42 Å². The van der Waals surface area contributed by atoms with Gasteiger partial charge in [-0.15, -0.1) is 0 Å². The van der Waals surface area contributed by atoms with Crippen LogP contribution in [0.25, 0.3) is 98.8 Å². The van der Waals surface area contributed by atoms with E-state index in [9.17, 15) is 0 Å². The van der Waals surface area contributed by atoms with Crippen LogP contribution in [0.4, 0.5) is 0 Å². The van der Waals surface area contributed by atoms with E-state index in [0.717, 1.165) is 27.5 Å². The first-order chi connectivity index (χ1) is 24.3. The van der Waals surface area contributed by atoms with Gasteiger partial charge in [-0.2, -0.15) is 0 Å². The summed E-state index contributed by atoms with van der Waals surface area (Å²) < 4.78 is 6.54. The van der Waals surface area contributed by atoms with Crippen molar-refractivity contribution >= 4 is 54.3 Å². The van der Waals surface area contributed by atoms with E-state index in [1.54, 1.807) is 0 Å². The predicted molar refractivity (Wildman–Crippen MR) is 208 cm³/mol. The highest BCUT2D eigenvalue weighted by Gasteiger charge is 2.19. The summed E-state index contributed by atoms with van der Waals surface area (Å²) in [6.07, 6.45) is 0. The van der Waals surface area contributed by atoms with Crippen molar-refractivity contribution in [1.29, 1.82) is 0 Å². The Morgan fingerprint density at radius 3 is 1.35 bits per heavy atom. The van der Waals surface area contributed by atoms with Gasteiger partial charge in [0.15, 0.2) is 0 Å². The Morgan fingerprint density at radius 2 is 0.735 bits per heavy atom. The molecule has 0 bridgehead atoms. The molecular formula is C48H30O. The lowest BCUT2D eigenvalue weighted by Gasteiger charge is -2.19. The third kappa shape index (κ3) is 4.47. The number of benzene rings is 9. The predicted octanol–water partition coefficient (Wildman–Crippen LogP) is 13.7. The van der Waals surface area contributed by atoms with Gasteiger partial charge in [0.1, 0.15) is 11.2 Å². The molecule has 1 heterocycles. The minimum absolute atomic E-state index is 0.907. The minimum atomic E-state index is 0.907. The molecule has 0 amide bonds. The lowest BCUT2D eigenvalue weighted by Crippen LogP contribution is -1.92. The first kappa shape index (κ1) is 27.7. The average molecular weight is 623 g/mol. The van der Waals surface area contributed by atoms with Gasteiger partial charge in [0, 0.05) is 10.8 Å². The van der Waals surface area contributed by atoms with E-state index in [1.807, 2.05) is 0 Å². The van der Waals surface area contributed by atoms with Crippen molar-refractivity contribution in [3.63, 3.8) is 0 Å². The number of furan rings is 1. The number of hydrogen-bond donors (Lipinski definition) is 0. The van der Waals surface area contributed by atoms with Crippen molar-refractivity contribution in [2.45, 2.75) is 0 Å². The normalized spacial score (nSPS) is 11.7. The van der Waals surface area contributed by atoms with Crippen LogP contribution in [0.15, 0.2) is 186 Å². The molecule has 49 heavy (non-hydrogen) atoms. The largest absolute Gasteiger partial charge is 0.456 e. The molecular weight excluding hydrogens is 593 g/mol. The number of hydrogen-bond acceptors (Lipinski definition) is 1. The highest BCUT2D eigenvalue weighted by molar-refractivity contribution is 6.22. The van der Waals surface area contributed by atoms with Crippen LogP contribution in [-0.4, -0.2) is 0 Å². The molecule has 0 radical (unpaired) electrons. The Labute approximate surface area is 284 Å². The van der Waals surface area contributed by atoms with E-state index < -0.39 is 0 Å². The number of fused-ring (bicyclic) bond motifs is 6. The molecule has 1 nitrogen and oxygen atoms in total. The summed E-state index contributed by atoms with van der Waals surface area (Å²) in [4.78, 5) is 0. The maximum absolute atomic E-state index is 6.54. The van der Waals surface area contributed by atoms with Crippen molar-refractivity contribution in [3.8, 4) is 44.5 Å². The van der Waals surface area contributed by atoms with Crippen LogP contribution in [0, 0.1) is 0 Å². The van der Waals surface area contributed by atoms with Gasteiger partial charge in [0.2, 0.25) is 0 Å². The van der Waals surface area contributed by atoms with Crippen molar-refractivity contribution in [3.05, 3.63) is 182 Å². The van der Waals surface area contributed by atoms with Gasteiger partial charge in [0.05, 0.1) is 0 Å². The van der Waals surface area contributed by atoms with Gasteiger partial charge in [0.25, 0.3) is 0 Å². The monoisotopic (exact) mass is 622 g/mol. The summed E-state index contributed by atoms with van der Waals surface area (Å²) in [5, 5.41) is 9.63. The van der Waals surface area contributed by atoms with Crippen molar-refractivity contribution in [1.82, 2.24) is 0 Å². The zero-order valence-corrected chi connectivity index (χ0v) is 26.7. The zero-order chi connectivity index (χ0) is 32.3. The second-order valence-electron chi connectivity index (χ2n) is 12.8. The molecule has 10 aromatic rings. The second-order valence-corrected chi connectivity index (χ2v) is 12.8. The van der Waals surface area contributed by atoms with Crippen molar-refractivity contribution in [2.24, 2.45) is 0 Å². The van der Waals surface area contributed by atoms with E-state index in [-0.39, 0.29) is 0 Å². The molecule has 10 rings (SSSR count). The Kier molecular flexibility index (Phi) is 6.25. The lowest BCUT2D eigenvalue weighted by atomic mass is 9.84. The quantitative estimate of drug-likeness (QED) is 0.178. The van der Waals surface area contributed by atoms with E-state index >= 15 is 0 Å². The fraction of sp³-hybridized carbons (Fsp3) is 0. The summed E-state index contributed by atoms with van der Waals surface area (Å²) in [7, 11) is 0. The van der Waals surface area contributed by atoms with Crippen molar-refractivity contribution in [2.75, 3.05) is 0 Å². The van der Waals surface area contributed by atoms with E-state index in [4.69, 9.17) is 4.42 Å². The van der Waals surface area contributed by atoms with Crippen LogP contribution < -0.4 is 0 Å². The fourth-order valence-corrected chi connectivity index (χ4v) is 7.79. The Bertz CT molecular complexity index is 2800. The molecule has 0 saturated carbocycles. The Morgan fingerprint density at radius 1 is 0.265 bits per heavy atom. The molecule has 228 valence electrons. The first-order valence-corrected chi connectivity index (χ1v) is 16.8. The summed E-state index contributed by atoms with van der Waals surface area (Å²) in [6, 6.07) is 65.8. The maximum Gasteiger partial charge on any atom is 0.136 e. The molecule has 1 aromatic heterocycles. The topological polar surface area (TPSA) is 13.1 Å². The Hall–Kier alpha value is -6.44. The van der Waals surface area contributed by atoms with Crippen LogP contribution in [0.2, 0.25) is 0 Å². The smallest absolute Gasteiger partial charge is 0.136 e. The van der Waals surface area contributed by atoms with Gasteiger partial charge in [-0.1, -0.05) is 152 Å². The third-order valence-corrected chi connectivity index (χ3v) is 10.0. The molecule has 0 N–H and O–H groups in total. The molecule has 0 saturated heterocycles. The van der Waals surface area contributed by atoms with E-state index in [0.29, 0.717) is 0 Å². The van der Waals surface area contributed by atoms with Crippen LogP contribution >= 0.6 is 0 Å². The molecule has 1 heteroatoms. The summed E-state index contributed by atoms with van der Waals surface area (Å²) in [5.74, 6) is 0. The molecule has 0 aliphatic rings.